The van der Waals surface area contributed by atoms with Gasteiger partial charge in [0.05, 0.1) is 12.7 Å². The third kappa shape index (κ3) is 1.91. The molecule has 0 amide bonds. The average molecular weight is 191 g/mol. The summed E-state index contributed by atoms with van der Waals surface area (Å²) in [5, 5.41) is 0. The molecule has 0 fully saturated rings. The van der Waals surface area contributed by atoms with Gasteiger partial charge in [-0.25, -0.2) is 8.78 Å². The fourth-order valence-electron chi connectivity index (χ4n) is 0.956. The van der Waals surface area contributed by atoms with Crippen LogP contribution in [0.5, 0.6) is 5.88 Å². The summed E-state index contributed by atoms with van der Waals surface area (Å²) in [4.78, 5) is 3.24. The fraction of sp³-hybridized carbons (Fsp3) is 0.375. The summed E-state index contributed by atoms with van der Waals surface area (Å²) in [6.07, 6.45) is -2.85. The maximum atomic E-state index is 12.8. The second-order valence-electron chi connectivity index (χ2n) is 2.50. The first-order chi connectivity index (χ1) is 6.06. The van der Waals surface area contributed by atoms with Gasteiger partial charge in [0.15, 0.2) is 0 Å². The molecule has 0 aromatic carbocycles. The molecule has 0 radical (unpaired) electrons. The molecule has 0 saturated heterocycles. The van der Waals surface area contributed by atoms with Gasteiger partial charge in [0.2, 0.25) is 11.8 Å². The largest absolute Gasteiger partial charge is 0.481 e. The number of alkyl halides is 2. The second-order valence-corrected chi connectivity index (χ2v) is 2.50. The van der Waals surface area contributed by atoms with Crippen LogP contribution in [0.2, 0.25) is 0 Å². The molecule has 0 atom stereocenters. The van der Waals surface area contributed by atoms with Crippen molar-refractivity contribution in [1.82, 2.24) is 4.98 Å². The minimum absolute atomic E-state index is 0.0295. The van der Waals surface area contributed by atoms with Crippen molar-refractivity contribution in [2.75, 3.05) is 7.11 Å². The van der Waals surface area contributed by atoms with E-state index in [4.69, 9.17) is 0 Å². The highest BCUT2D eigenvalue weighted by atomic mass is 19.3. The Morgan fingerprint density at radius 3 is 2.54 bits per heavy atom. The first-order valence-corrected chi connectivity index (χ1v) is 3.55. The molecule has 1 heterocycles. The van der Waals surface area contributed by atoms with Gasteiger partial charge in [-0.1, -0.05) is 0 Å². The third-order valence-electron chi connectivity index (χ3n) is 1.58. The molecule has 0 bridgehead atoms. The molecular formula is C8H8F3NO. The van der Waals surface area contributed by atoms with Crippen LogP contribution in [0.1, 0.15) is 17.6 Å². The zero-order chi connectivity index (χ0) is 10.0. The summed E-state index contributed by atoms with van der Waals surface area (Å²) >= 11 is 0. The number of aryl methyl sites for hydroxylation is 1. The van der Waals surface area contributed by atoms with Crippen LogP contribution in [0.15, 0.2) is 6.07 Å². The Hall–Kier alpha value is -1.26. The van der Waals surface area contributed by atoms with Gasteiger partial charge < -0.3 is 4.74 Å². The lowest BCUT2D eigenvalue weighted by Gasteiger charge is -2.06. The van der Waals surface area contributed by atoms with Crippen LogP contribution in [0, 0.1) is 12.9 Å². The molecule has 5 heteroatoms. The van der Waals surface area contributed by atoms with Crippen LogP contribution < -0.4 is 4.74 Å². The SMILES string of the molecule is COc1nc(F)c(C(F)F)cc1C. The Balaban J connectivity index is 3.20. The Kier molecular flexibility index (Phi) is 2.75. The van der Waals surface area contributed by atoms with Gasteiger partial charge in [-0.2, -0.15) is 9.37 Å². The van der Waals surface area contributed by atoms with Gasteiger partial charge in [0, 0.05) is 5.56 Å². The first kappa shape index (κ1) is 9.83. The number of methoxy groups -OCH3 is 1. The van der Waals surface area contributed by atoms with Crippen molar-refractivity contribution in [1.29, 1.82) is 0 Å². The molecule has 13 heavy (non-hydrogen) atoms. The highest BCUT2D eigenvalue weighted by Crippen LogP contribution is 2.25. The molecular weight excluding hydrogens is 183 g/mol. The van der Waals surface area contributed by atoms with Gasteiger partial charge in [0.1, 0.15) is 0 Å². The second kappa shape index (κ2) is 3.64. The Morgan fingerprint density at radius 2 is 2.08 bits per heavy atom. The van der Waals surface area contributed by atoms with E-state index in [0.717, 1.165) is 6.07 Å². The smallest absolute Gasteiger partial charge is 0.268 e. The van der Waals surface area contributed by atoms with Crippen molar-refractivity contribution in [2.45, 2.75) is 13.3 Å². The molecule has 72 valence electrons. The fourth-order valence-corrected chi connectivity index (χ4v) is 0.956. The van der Waals surface area contributed by atoms with Crippen molar-refractivity contribution in [3.8, 4) is 5.88 Å². The average Bonchev–Trinajstić information content (AvgIpc) is 2.07. The van der Waals surface area contributed by atoms with Crippen molar-refractivity contribution < 1.29 is 17.9 Å². The normalized spacial score (nSPS) is 10.6. The van der Waals surface area contributed by atoms with Gasteiger partial charge in [-0.05, 0) is 13.0 Å². The molecule has 1 rings (SSSR count). The molecule has 1 aromatic rings. The Labute approximate surface area is 73.4 Å². The van der Waals surface area contributed by atoms with Crippen molar-refractivity contribution >= 4 is 0 Å². The summed E-state index contributed by atoms with van der Waals surface area (Å²) in [7, 11) is 1.30. The molecule has 0 aliphatic rings. The van der Waals surface area contributed by atoms with E-state index in [2.05, 4.69) is 9.72 Å². The van der Waals surface area contributed by atoms with E-state index in [1.165, 1.54) is 14.0 Å². The van der Waals surface area contributed by atoms with Crippen molar-refractivity contribution in [3.63, 3.8) is 0 Å². The van der Waals surface area contributed by atoms with Gasteiger partial charge in [-0.3, -0.25) is 0 Å². The van der Waals surface area contributed by atoms with Crippen molar-refractivity contribution in [3.05, 3.63) is 23.1 Å². The number of aromatic nitrogens is 1. The van der Waals surface area contributed by atoms with E-state index in [0.29, 0.717) is 5.56 Å². The first-order valence-electron chi connectivity index (χ1n) is 3.55. The Morgan fingerprint density at radius 1 is 1.46 bits per heavy atom. The zero-order valence-corrected chi connectivity index (χ0v) is 7.14. The lowest BCUT2D eigenvalue weighted by atomic mass is 10.2. The van der Waals surface area contributed by atoms with Crippen LogP contribution in [-0.2, 0) is 0 Å². The van der Waals surface area contributed by atoms with Crippen LogP contribution in [0.25, 0.3) is 0 Å². The number of rotatable bonds is 2. The molecule has 0 N–H and O–H groups in total. The Bertz CT molecular complexity index is 315. The van der Waals surface area contributed by atoms with Crippen LogP contribution in [0.4, 0.5) is 13.2 Å². The zero-order valence-electron chi connectivity index (χ0n) is 7.14. The number of ether oxygens (including phenoxy) is 1. The predicted octanol–water partition coefficient (Wildman–Crippen LogP) is 2.48. The van der Waals surface area contributed by atoms with Crippen LogP contribution >= 0.6 is 0 Å². The molecule has 0 saturated carbocycles. The molecule has 1 aromatic heterocycles. The van der Waals surface area contributed by atoms with E-state index in [9.17, 15) is 13.2 Å². The third-order valence-corrected chi connectivity index (χ3v) is 1.58. The summed E-state index contributed by atoms with van der Waals surface area (Å²) in [5.74, 6) is -1.15. The number of hydrogen-bond acceptors (Lipinski definition) is 2. The highest BCUT2D eigenvalue weighted by molar-refractivity contribution is 5.29. The molecule has 0 unspecified atom stereocenters. The lowest BCUT2D eigenvalue weighted by molar-refractivity contribution is 0.144. The summed E-state index contributed by atoms with van der Waals surface area (Å²) in [6, 6.07) is 1.03. The number of hydrogen-bond donors (Lipinski definition) is 0. The van der Waals surface area contributed by atoms with E-state index < -0.39 is 17.9 Å². The van der Waals surface area contributed by atoms with Gasteiger partial charge >= 0.3 is 0 Å². The van der Waals surface area contributed by atoms with E-state index >= 15 is 0 Å². The number of nitrogens with zero attached hydrogens (tertiary/aromatic N) is 1. The molecule has 0 aliphatic carbocycles. The minimum Gasteiger partial charge on any atom is -0.481 e. The van der Waals surface area contributed by atoms with Gasteiger partial charge in [0.25, 0.3) is 6.43 Å². The maximum Gasteiger partial charge on any atom is 0.268 e. The van der Waals surface area contributed by atoms with Crippen LogP contribution in [-0.4, -0.2) is 12.1 Å². The lowest BCUT2D eigenvalue weighted by Crippen LogP contribution is -1.99. The van der Waals surface area contributed by atoms with Crippen LogP contribution in [0.3, 0.4) is 0 Å². The number of pyridine rings is 1. The van der Waals surface area contributed by atoms with E-state index in [1.807, 2.05) is 0 Å². The van der Waals surface area contributed by atoms with Crippen molar-refractivity contribution in [2.24, 2.45) is 0 Å². The topological polar surface area (TPSA) is 22.1 Å². The molecule has 2 nitrogen and oxygen atoms in total. The summed E-state index contributed by atoms with van der Waals surface area (Å²) in [5.41, 5.74) is -0.308. The minimum atomic E-state index is -2.85. The molecule has 0 spiro atoms. The highest BCUT2D eigenvalue weighted by Gasteiger charge is 2.17. The summed E-state index contributed by atoms with van der Waals surface area (Å²) in [6.45, 7) is 1.52. The predicted molar refractivity (Wildman–Crippen MR) is 40.4 cm³/mol. The molecule has 0 aliphatic heterocycles. The maximum absolute atomic E-state index is 12.8. The van der Waals surface area contributed by atoms with Gasteiger partial charge in [-0.15, -0.1) is 0 Å². The number of halogens is 3. The van der Waals surface area contributed by atoms with E-state index in [1.54, 1.807) is 0 Å². The standard InChI is InChI=1S/C8H8F3NO/c1-4-3-5(6(9)10)7(11)12-8(4)13-2/h3,6H,1-2H3. The summed E-state index contributed by atoms with van der Waals surface area (Å²) < 4.78 is 41.7. The quantitative estimate of drug-likeness (QED) is 0.670. The van der Waals surface area contributed by atoms with E-state index in [-0.39, 0.29) is 5.88 Å². The monoisotopic (exact) mass is 191 g/mol.